The van der Waals surface area contributed by atoms with Crippen LogP contribution in [0.25, 0.3) is 10.8 Å². The summed E-state index contributed by atoms with van der Waals surface area (Å²) >= 11 is 1.85. The molecule has 0 unspecified atom stereocenters. The van der Waals surface area contributed by atoms with E-state index < -0.39 is 0 Å². The molecule has 3 heteroatoms. The van der Waals surface area contributed by atoms with Gasteiger partial charge in [-0.1, -0.05) is 53.2 Å². The summed E-state index contributed by atoms with van der Waals surface area (Å²) in [4.78, 5) is 1.29. The molecule has 0 amide bonds. The van der Waals surface area contributed by atoms with Gasteiger partial charge < -0.3 is 0 Å². The summed E-state index contributed by atoms with van der Waals surface area (Å²) in [5, 5.41) is 7.36. The number of para-hydroxylation sites is 1. The minimum atomic E-state index is 0.852. The molecule has 1 heterocycles. The van der Waals surface area contributed by atoms with Gasteiger partial charge in [0.05, 0.1) is 4.90 Å². The molecular weight excluding hydrogens is 264 g/mol. The minimum Gasteiger partial charge on any atom is -0.0737 e. The third-order valence-electron chi connectivity index (χ3n) is 3.47. The molecular formula is C17H13N2S+. The molecule has 3 aromatic rings. The van der Waals surface area contributed by atoms with Crippen LogP contribution in [0.1, 0.15) is 0 Å². The standard InChI is InChI=1S/C17H13N2S/c1-2-7-14(8-3-1)19-12-20-17-15-9-5-4-6-13(15)10-11-16(17)18-19/h1-11H,12H2/q+1. The Morgan fingerprint density at radius 3 is 2.55 bits per heavy atom. The molecule has 0 saturated heterocycles. The maximum absolute atomic E-state index is 4.78. The van der Waals surface area contributed by atoms with Crippen LogP contribution in [0, 0.1) is 0 Å². The van der Waals surface area contributed by atoms with Crippen molar-refractivity contribution >= 4 is 33.9 Å². The van der Waals surface area contributed by atoms with Crippen molar-refractivity contribution in [3.63, 3.8) is 0 Å². The Labute approximate surface area is 121 Å². The van der Waals surface area contributed by atoms with Gasteiger partial charge in [-0.05, 0) is 28.6 Å². The summed E-state index contributed by atoms with van der Waals surface area (Å²) in [7, 11) is 0. The predicted molar refractivity (Wildman–Crippen MR) is 83.1 cm³/mol. The van der Waals surface area contributed by atoms with Crippen molar-refractivity contribution in [1.82, 2.24) is 0 Å². The maximum Gasteiger partial charge on any atom is 0.232 e. The molecule has 1 aliphatic rings. The molecule has 0 fully saturated rings. The fourth-order valence-corrected chi connectivity index (χ4v) is 3.54. The number of hydrogen-bond donors (Lipinski definition) is 0. The number of hydrogen-bond acceptors (Lipinski definition) is 2. The van der Waals surface area contributed by atoms with Gasteiger partial charge in [-0.2, -0.15) is 0 Å². The summed E-state index contributed by atoms with van der Waals surface area (Å²) in [6.07, 6.45) is 0. The normalized spacial score (nSPS) is 13.9. The average molecular weight is 277 g/mol. The lowest BCUT2D eigenvalue weighted by Gasteiger charge is -2.11. The summed E-state index contributed by atoms with van der Waals surface area (Å²) in [5.74, 6) is 0.852. The van der Waals surface area contributed by atoms with Gasteiger partial charge in [-0.15, -0.1) is 0 Å². The van der Waals surface area contributed by atoms with Gasteiger partial charge in [0.1, 0.15) is 5.69 Å². The maximum atomic E-state index is 4.78. The molecule has 0 atom stereocenters. The zero-order chi connectivity index (χ0) is 13.4. The molecule has 2 nitrogen and oxygen atoms in total. The molecule has 0 radical (unpaired) electrons. The second-order valence-electron chi connectivity index (χ2n) is 4.74. The van der Waals surface area contributed by atoms with Crippen LogP contribution < -0.4 is 0 Å². The van der Waals surface area contributed by atoms with E-state index in [1.54, 1.807) is 0 Å². The van der Waals surface area contributed by atoms with Crippen molar-refractivity contribution in [3.8, 4) is 0 Å². The van der Waals surface area contributed by atoms with E-state index >= 15 is 0 Å². The van der Waals surface area contributed by atoms with E-state index in [-0.39, 0.29) is 0 Å². The van der Waals surface area contributed by atoms with Crippen LogP contribution in [-0.4, -0.2) is 10.6 Å². The van der Waals surface area contributed by atoms with Crippen LogP contribution in [0.4, 0.5) is 11.4 Å². The van der Waals surface area contributed by atoms with Crippen LogP contribution in [0.2, 0.25) is 0 Å². The molecule has 1 aliphatic heterocycles. The first-order valence-corrected chi connectivity index (χ1v) is 7.59. The molecule has 3 aromatic carbocycles. The summed E-state index contributed by atoms with van der Waals surface area (Å²) in [6, 6.07) is 23.1. The van der Waals surface area contributed by atoms with Gasteiger partial charge in [-0.25, -0.2) is 0 Å². The van der Waals surface area contributed by atoms with E-state index in [1.807, 2.05) is 30.0 Å². The molecule has 0 spiro atoms. The number of benzene rings is 3. The third-order valence-corrected chi connectivity index (χ3v) is 4.56. The number of fused-ring (bicyclic) bond motifs is 3. The van der Waals surface area contributed by atoms with E-state index in [9.17, 15) is 0 Å². The topological polar surface area (TPSA) is 15.4 Å². The SMILES string of the molecule is c1ccc([N+]2=Nc3ccc4ccccc4c3SC2)cc1. The molecule has 20 heavy (non-hydrogen) atoms. The largest absolute Gasteiger partial charge is 0.232 e. The lowest BCUT2D eigenvalue weighted by Crippen LogP contribution is -2.05. The molecule has 4 rings (SSSR count). The summed E-state index contributed by atoms with van der Waals surface area (Å²) in [5.41, 5.74) is 2.20. The van der Waals surface area contributed by atoms with Crippen LogP contribution >= 0.6 is 11.8 Å². The average Bonchev–Trinajstić information content (AvgIpc) is 2.55. The Morgan fingerprint density at radius 2 is 1.65 bits per heavy atom. The second-order valence-corrected chi connectivity index (χ2v) is 5.70. The highest BCUT2D eigenvalue weighted by Crippen LogP contribution is 2.40. The van der Waals surface area contributed by atoms with E-state index in [1.165, 1.54) is 15.7 Å². The van der Waals surface area contributed by atoms with E-state index in [2.05, 4.69) is 53.2 Å². The van der Waals surface area contributed by atoms with Crippen LogP contribution in [0.5, 0.6) is 0 Å². The predicted octanol–water partition coefficient (Wildman–Crippen LogP) is 5.33. The van der Waals surface area contributed by atoms with Gasteiger partial charge in [0.2, 0.25) is 11.6 Å². The van der Waals surface area contributed by atoms with Crippen molar-refractivity contribution in [2.45, 2.75) is 4.90 Å². The zero-order valence-corrected chi connectivity index (χ0v) is 11.7. The van der Waals surface area contributed by atoms with Gasteiger partial charge in [0.15, 0.2) is 0 Å². The minimum absolute atomic E-state index is 0.852. The van der Waals surface area contributed by atoms with E-state index in [4.69, 9.17) is 5.11 Å². The third kappa shape index (κ3) is 1.91. The highest BCUT2D eigenvalue weighted by molar-refractivity contribution is 7.99. The number of nitrogens with zero attached hydrogens (tertiary/aromatic N) is 2. The Bertz CT molecular complexity index is 810. The van der Waals surface area contributed by atoms with Crippen LogP contribution in [0.15, 0.2) is 76.7 Å². The monoisotopic (exact) mass is 277 g/mol. The highest BCUT2D eigenvalue weighted by Gasteiger charge is 2.22. The fourth-order valence-electron chi connectivity index (χ4n) is 2.48. The molecule has 0 bridgehead atoms. The molecule has 0 saturated carbocycles. The first kappa shape index (κ1) is 11.7. The Morgan fingerprint density at radius 1 is 0.850 bits per heavy atom. The van der Waals surface area contributed by atoms with E-state index in [0.29, 0.717) is 0 Å². The van der Waals surface area contributed by atoms with Crippen molar-refractivity contribution < 1.29 is 4.70 Å². The van der Waals surface area contributed by atoms with Gasteiger partial charge in [0.25, 0.3) is 0 Å². The number of azo groups is 2. The number of rotatable bonds is 1. The molecule has 96 valence electrons. The quantitative estimate of drug-likeness (QED) is 0.549. The van der Waals surface area contributed by atoms with Crippen LogP contribution in [0.3, 0.4) is 0 Å². The first-order chi connectivity index (χ1) is 9.92. The summed E-state index contributed by atoms with van der Waals surface area (Å²) < 4.78 is 2.06. The molecule has 0 aliphatic carbocycles. The Kier molecular flexibility index (Phi) is 2.78. The fraction of sp³-hybridized carbons (Fsp3) is 0.0588. The Hall–Kier alpha value is -2.13. The first-order valence-electron chi connectivity index (χ1n) is 6.60. The lowest BCUT2D eigenvalue weighted by molar-refractivity contribution is -0.488. The second kappa shape index (κ2) is 4.76. The summed E-state index contributed by atoms with van der Waals surface area (Å²) in [6.45, 7) is 0. The highest BCUT2D eigenvalue weighted by atomic mass is 32.2. The lowest BCUT2D eigenvalue weighted by atomic mass is 10.1. The van der Waals surface area contributed by atoms with Crippen molar-refractivity contribution in [3.05, 3.63) is 66.7 Å². The Balaban J connectivity index is 1.88. The van der Waals surface area contributed by atoms with Crippen molar-refractivity contribution in [2.24, 2.45) is 5.11 Å². The molecule has 0 aromatic heterocycles. The zero-order valence-electron chi connectivity index (χ0n) is 10.9. The number of thioether (sulfide) groups is 1. The van der Waals surface area contributed by atoms with Crippen molar-refractivity contribution in [1.29, 1.82) is 0 Å². The molecule has 0 N–H and O–H groups in total. The van der Waals surface area contributed by atoms with E-state index in [0.717, 1.165) is 17.3 Å². The van der Waals surface area contributed by atoms with Crippen LogP contribution in [-0.2, 0) is 0 Å². The van der Waals surface area contributed by atoms with Gasteiger partial charge >= 0.3 is 0 Å². The smallest absolute Gasteiger partial charge is 0.0737 e. The van der Waals surface area contributed by atoms with Gasteiger partial charge in [-0.3, -0.25) is 0 Å². The van der Waals surface area contributed by atoms with Gasteiger partial charge in [0, 0.05) is 17.2 Å². The van der Waals surface area contributed by atoms with Crippen molar-refractivity contribution in [2.75, 3.05) is 5.88 Å².